The molecule has 4 heteroatoms. The lowest BCUT2D eigenvalue weighted by Gasteiger charge is -2.45. The molecule has 1 aliphatic heterocycles. The quantitative estimate of drug-likeness (QED) is 0.842. The number of rotatable bonds is 3. The molecule has 0 aromatic heterocycles. The summed E-state index contributed by atoms with van der Waals surface area (Å²) in [5, 5.41) is 10.0. The summed E-state index contributed by atoms with van der Waals surface area (Å²) in [5.41, 5.74) is 0.680. The van der Waals surface area contributed by atoms with E-state index in [1.165, 1.54) is 0 Å². The number of hydrogen-bond acceptors (Lipinski definition) is 3. The molecular weight excluding hydrogens is 250 g/mol. The molecule has 94 valence electrons. The molecule has 1 heterocycles. The number of ether oxygens (including phenoxy) is 2. The smallest absolute Gasteiger partial charge is 0.137 e. The molecule has 18 heavy (non-hydrogen) atoms. The summed E-state index contributed by atoms with van der Waals surface area (Å²) in [6.07, 6.45) is 1.91. The van der Waals surface area contributed by atoms with Gasteiger partial charge in [-0.1, -0.05) is 17.7 Å². The fourth-order valence-corrected chi connectivity index (χ4v) is 3.07. The molecule has 1 aromatic carbocycles. The van der Waals surface area contributed by atoms with Crippen molar-refractivity contribution in [2.24, 2.45) is 5.41 Å². The second kappa shape index (κ2) is 3.88. The van der Waals surface area contributed by atoms with Gasteiger partial charge in [-0.15, -0.1) is 0 Å². The third kappa shape index (κ3) is 1.39. The third-order valence-corrected chi connectivity index (χ3v) is 4.58. The zero-order valence-corrected chi connectivity index (χ0v) is 11.0. The normalized spacial score (nSPS) is 22.7. The van der Waals surface area contributed by atoms with Crippen LogP contribution in [0.25, 0.3) is 0 Å². The first-order valence-corrected chi connectivity index (χ1v) is 6.38. The second-order valence-electron chi connectivity index (χ2n) is 5.12. The summed E-state index contributed by atoms with van der Waals surface area (Å²) in [5.74, 6) is 0.664. The Morgan fingerprint density at radius 1 is 1.39 bits per heavy atom. The van der Waals surface area contributed by atoms with E-state index in [0.717, 1.165) is 18.4 Å². The Balaban J connectivity index is 2.03. The van der Waals surface area contributed by atoms with Gasteiger partial charge in [0.15, 0.2) is 0 Å². The van der Waals surface area contributed by atoms with E-state index in [2.05, 4.69) is 6.07 Å². The Bertz CT molecular complexity index is 527. The first kappa shape index (κ1) is 11.8. The monoisotopic (exact) mass is 263 g/mol. The highest BCUT2D eigenvalue weighted by Crippen LogP contribution is 2.62. The first-order chi connectivity index (χ1) is 8.67. The van der Waals surface area contributed by atoms with E-state index < -0.39 is 0 Å². The van der Waals surface area contributed by atoms with Crippen molar-refractivity contribution in [1.82, 2.24) is 0 Å². The van der Waals surface area contributed by atoms with Crippen molar-refractivity contribution in [1.29, 1.82) is 5.26 Å². The highest BCUT2D eigenvalue weighted by molar-refractivity contribution is 6.32. The molecule has 0 unspecified atom stereocenters. The average molecular weight is 264 g/mol. The molecule has 1 aromatic rings. The van der Waals surface area contributed by atoms with Gasteiger partial charge in [-0.2, -0.15) is 5.26 Å². The van der Waals surface area contributed by atoms with E-state index in [1.807, 2.05) is 18.2 Å². The summed E-state index contributed by atoms with van der Waals surface area (Å²) in [6, 6.07) is 8.28. The van der Waals surface area contributed by atoms with Gasteiger partial charge < -0.3 is 9.47 Å². The van der Waals surface area contributed by atoms with Crippen LogP contribution in [-0.4, -0.2) is 20.3 Å². The van der Waals surface area contributed by atoms with E-state index in [4.69, 9.17) is 21.1 Å². The van der Waals surface area contributed by atoms with E-state index in [-0.39, 0.29) is 10.8 Å². The number of halogens is 1. The fraction of sp³-hybridized carbons (Fsp3) is 0.500. The number of nitriles is 1. The van der Waals surface area contributed by atoms with Gasteiger partial charge in [-0.05, 0) is 30.5 Å². The van der Waals surface area contributed by atoms with Gasteiger partial charge in [-0.3, -0.25) is 0 Å². The van der Waals surface area contributed by atoms with Gasteiger partial charge in [0.2, 0.25) is 0 Å². The Morgan fingerprint density at radius 3 is 2.50 bits per heavy atom. The van der Waals surface area contributed by atoms with Gasteiger partial charge in [0.05, 0.1) is 42.2 Å². The molecule has 3 rings (SSSR count). The zero-order chi connectivity index (χ0) is 12.8. The summed E-state index contributed by atoms with van der Waals surface area (Å²) >= 11 is 6.18. The lowest BCUT2D eigenvalue weighted by atomic mass is 9.66. The molecule has 1 saturated carbocycles. The SMILES string of the molecule is COc1ccc(C2(C3(C#N)CC3)COC2)cc1Cl. The van der Waals surface area contributed by atoms with Crippen LogP contribution < -0.4 is 4.74 Å². The third-order valence-electron chi connectivity index (χ3n) is 4.28. The summed E-state index contributed by atoms with van der Waals surface area (Å²) in [6.45, 7) is 1.23. The van der Waals surface area contributed by atoms with E-state index in [9.17, 15) is 5.26 Å². The van der Waals surface area contributed by atoms with E-state index >= 15 is 0 Å². The maximum absolute atomic E-state index is 9.43. The lowest BCUT2D eigenvalue weighted by molar-refractivity contribution is -0.0867. The molecule has 3 nitrogen and oxygen atoms in total. The molecule has 1 aliphatic carbocycles. The van der Waals surface area contributed by atoms with Crippen LogP contribution in [0.15, 0.2) is 18.2 Å². The van der Waals surface area contributed by atoms with Crippen molar-refractivity contribution in [2.75, 3.05) is 20.3 Å². The largest absolute Gasteiger partial charge is 0.495 e. The van der Waals surface area contributed by atoms with Crippen molar-refractivity contribution >= 4 is 11.6 Å². The zero-order valence-electron chi connectivity index (χ0n) is 10.2. The molecule has 1 saturated heterocycles. The van der Waals surface area contributed by atoms with Gasteiger partial charge in [0.1, 0.15) is 5.75 Å². The van der Waals surface area contributed by atoms with Gasteiger partial charge in [0.25, 0.3) is 0 Å². The van der Waals surface area contributed by atoms with Crippen LogP contribution >= 0.6 is 11.6 Å². The molecule has 2 fully saturated rings. The van der Waals surface area contributed by atoms with Crippen LogP contribution in [0.5, 0.6) is 5.75 Å². The Kier molecular flexibility index (Phi) is 2.55. The number of nitrogens with zero attached hydrogens (tertiary/aromatic N) is 1. The number of benzene rings is 1. The maximum Gasteiger partial charge on any atom is 0.137 e. The Labute approximate surface area is 111 Å². The van der Waals surface area contributed by atoms with E-state index in [0.29, 0.717) is 24.0 Å². The predicted molar refractivity (Wildman–Crippen MR) is 67.8 cm³/mol. The second-order valence-corrected chi connectivity index (χ2v) is 5.53. The Hall–Kier alpha value is -1.24. The first-order valence-electron chi connectivity index (χ1n) is 6.00. The summed E-state index contributed by atoms with van der Waals surface area (Å²) in [7, 11) is 1.60. The highest BCUT2D eigenvalue weighted by Gasteiger charge is 2.64. The van der Waals surface area contributed by atoms with Crippen LogP contribution in [0.3, 0.4) is 0 Å². The van der Waals surface area contributed by atoms with Gasteiger partial charge >= 0.3 is 0 Å². The van der Waals surface area contributed by atoms with Crippen LogP contribution in [0.4, 0.5) is 0 Å². The predicted octanol–water partition coefficient (Wildman–Crippen LogP) is 2.92. The molecule has 0 N–H and O–H groups in total. The number of hydrogen-bond donors (Lipinski definition) is 0. The lowest BCUT2D eigenvalue weighted by Crippen LogP contribution is -2.53. The molecule has 0 amide bonds. The van der Waals surface area contributed by atoms with E-state index in [1.54, 1.807) is 7.11 Å². The maximum atomic E-state index is 9.43. The van der Waals surface area contributed by atoms with Crippen LogP contribution in [0.1, 0.15) is 18.4 Å². The summed E-state index contributed by atoms with van der Waals surface area (Å²) < 4.78 is 10.6. The highest BCUT2D eigenvalue weighted by atomic mass is 35.5. The van der Waals surface area contributed by atoms with Crippen LogP contribution in [0, 0.1) is 16.7 Å². The van der Waals surface area contributed by atoms with Crippen molar-refractivity contribution < 1.29 is 9.47 Å². The van der Waals surface area contributed by atoms with Crippen LogP contribution in [-0.2, 0) is 10.2 Å². The van der Waals surface area contributed by atoms with Crippen LogP contribution in [0.2, 0.25) is 5.02 Å². The van der Waals surface area contributed by atoms with Gasteiger partial charge in [0, 0.05) is 0 Å². The molecule has 0 radical (unpaired) electrons. The van der Waals surface area contributed by atoms with Crippen molar-refractivity contribution in [2.45, 2.75) is 18.3 Å². The van der Waals surface area contributed by atoms with Crippen molar-refractivity contribution in [3.05, 3.63) is 28.8 Å². The molecule has 0 spiro atoms. The van der Waals surface area contributed by atoms with Crippen molar-refractivity contribution in [3.63, 3.8) is 0 Å². The minimum atomic E-state index is -0.247. The fourth-order valence-electron chi connectivity index (χ4n) is 2.81. The topological polar surface area (TPSA) is 42.2 Å². The van der Waals surface area contributed by atoms with Crippen molar-refractivity contribution in [3.8, 4) is 11.8 Å². The molecule has 0 atom stereocenters. The Morgan fingerprint density at radius 2 is 2.11 bits per heavy atom. The number of methoxy groups -OCH3 is 1. The van der Waals surface area contributed by atoms with Gasteiger partial charge in [-0.25, -0.2) is 0 Å². The molecule has 0 bridgehead atoms. The summed E-state index contributed by atoms with van der Waals surface area (Å²) in [4.78, 5) is 0. The molecular formula is C14H14ClNO2. The minimum Gasteiger partial charge on any atom is -0.495 e. The molecule has 2 aliphatic rings. The standard InChI is InChI=1S/C14H14ClNO2/c1-17-12-3-2-10(6-11(12)15)14(8-18-9-14)13(7-16)4-5-13/h2-3,6H,4-5,8-9H2,1H3. The average Bonchev–Trinajstić information content (AvgIpc) is 3.09. The minimum absolute atomic E-state index is 0.169.